The van der Waals surface area contributed by atoms with Gasteiger partial charge in [0, 0.05) is 11.7 Å². The summed E-state index contributed by atoms with van der Waals surface area (Å²) in [7, 11) is -1.54. The zero-order valence-electron chi connectivity index (χ0n) is 12.3. The molecule has 1 aromatic heterocycles. The van der Waals surface area contributed by atoms with E-state index in [1.165, 1.54) is 0 Å². The van der Waals surface area contributed by atoms with E-state index in [0.29, 0.717) is 21.9 Å². The lowest BCUT2D eigenvalue weighted by molar-refractivity contribution is -0.120. The molecule has 1 heterocycles. The van der Waals surface area contributed by atoms with E-state index < -0.39 is 16.0 Å². The molecule has 0 aliphatic carbocycles. The van der Waals surface area contributed by atoms with Crippen LogP contribution in [0.4, 0.5) is 5.69 Å². The smallest absolute Gasteiger partial charge is 0.236 e. The number of carbonyl (C=O) groups is 1. The third-order valence-corrected chi connectivity index (χ3v) is 4.80. The molecule has 7 heteroatoms. The molecule has 0 bridgehead atoms. The van der Waals surface area contributed by atoms with E-state index in [1.807, 2.05) is 13.8 Å². The Morgan fingerprint density at radius 1 is 1.48 bits per heavy atom. The van der Waals surface area contributed by atoms with Crippen LogP contribution in [0.1, 0.15) is 27.2 Å². The van der Waals surface area contributed by atoms with Crippen molar-refractivity contribution in [2.45, 2.75) is 43.6 Å². The lowest BCUT2D eigenvalue weighted by atomic mass is 10.2. The Morgan fingerprint density at radius 3 is 2.86 bits per heavy atom. The number of imidazole rings is 1. The Kier molecular flexibility index (Phi) is 4.62. The van der Waals surface area contributed by atoms with Crippen LogP contribution < -0.4 is 11.1 Å². The van der Waals surface area contributed by atoms with Crippen molar-refractivity contribution >= 4 is 33.4 Å². The minimum atomic E-state index is -1.54. The van der Waals surface area contributed by atoms with E-state index in [9.17, 15) is 9.00 Å². The van der Waals surface area contributed by atoms with E-state index >= 15 is 0 Å². The van der Waals surface area contributed by atoms with Crippen LogP contribution in [0.3, 0.4) is 0 Å². The van der Waals surface area contributed by atoms with Gasteiger partial charge in [-0.15, -0.1) is 0 Å². The number of aromatic nitrogens is 2. The summed E-state index contributed by atoms with van der Waals surface area (Å²) in [4.78, 5) is 19.3. The molecule has 0 aliphatic rings. The predicted octanol–water partition coefficient (Wildman–Crippen LogP) is 1.56. The van der Waals surface area contributed by atoms with E-state index in [0.717, 1.165) is 6.42 Å². The lowest BCUT2D eigenvalue weighted by Crippen LogP contribution is -2.40. The van der Waals surface area contributed by atoms with Crippen LogP contribution in [0.15, 0.2) is 23.4 Å². The molecule has 0 saturated carbocycles. The molecule has 0 spiro atoms. The van der Waals surface area contributed by atoms with Crippen molar-refractivity contribution in [1.29, 1.82) is 0 Å². The Hall–Kier alpha value is -1.89. The summed E-state index contributed by atoms with van der Waals surface area (Å²) in [5.41, 5.74) is 7.70. The zero-order valence-corrected chi connectivity index (χ0v) is 13.2. The molecule has 0 aliphatic heterocycles. The summed E-state index contributed by atoms with van der Waals surface area (Å²) in [5, 5.41) is 2.45. The summed E-state index contributed by atoms with van der Waals surface area (Å²) < 4.78 is 12.4. The first kappa shape index (κ1) is 15.5. The van der Waals surface area contributed by atoms with Crippen LogP contribution in [-0.4, -0.2) is 31.4 Å². The maximum Gasteiger partial charge on any atom is 0.236 e. The molecule has 0 fully saturated rings. The molecule has 4 N–H and O–H groups in total. The molecule has 0 saturated heterocycles. The van der Waals surface area contributed by atoms with Gasteiger partial charge in [-0.2, -0.15) is 0 Å². The third kappa shape index (κ3) is 3.41. The van der Waals surface area contributed by atoms with Crippen LogP contribution in [0.2, 0.25) is 0 Å². The number of nitrogens with two attached hydrogens (primary N) is 1. The van der Waals surface area contributed by atoms with Crippen molar-refractivity contribution in [3.63, 3.8) is 0 Å². The van der Waals surface area contributed by atoms with Crippen LogP contribution in [0, 0.1) is 0 Å². The fourth-order valence-corrected chi connectivity index (χ4v) is 2.82. The monoisotopic (exact) mass is 308 g/mol. The maximum absolute atomic E-state index is 12.4. The van der Waals surface area contributed by atoms with Crippen LogP contribution in [-0.2, 0) is 15.6 Å². The summed E-state index contributed by atoms with van der Waals surface area (Å²) in [6.45, 7) is 5.53. The number of amides is 1. The first-order valence-corrected chi connectivity index (χ1v) is 8.09. The molecular weight excluding hydrogens is 288 g/mol. The second-order valence-corrected chi connectivity index (χ2v) is 6.76. The van der Waals surface area contributed by atoms with Gasteiger partial charge in [0.25, 0.3) is 0 Å². The Bertz CT molecular complexity index is 683. The van der Waals surface area contributed by atoms with Gasteiger partial charge in [0.2, 0.25) is 5.91 Å². The van der Waals surface area contributed by atoms with E-state index in [1.54, 1.807) is 25.1 Å². The number of nitrogens with zero attached hydrogens (tertiary/aromatic N) is 1. The number of rotatable bonds is 5. The van der Waals surface area contributed by atoms with Crippen LogP contribution in [0.5, 0.6) is 0 Å². The van der Waals surface area contributed by atoms with Gasteiger partial charge in [-0.1, -0.05) is 6.92 Å². The quantitative estimate of drug-likeness (QED) is 0.730. The Labute approximate surface area is 126 Å². The number of benzene rings is 1. The van der Waals surface area contributed by atoms with Crippen molar-refractivity contribution in [3.05, 3.63) is 18.2 Å². The first-order chi connectivity index (χ1) is 9.92. The molecule has 1 amide bonds. The fraction of sp³-hybridized carbons (Fsp3) is 0.429. The highest BCUT2D eigenvalue weighted by atomic mass is 32.2. The van der Waals surface area contributed by atoms with Gasteiger partial charge >= 0.3 is 0 Å². The number of H-pyrrole nitrogens is 1. The number of hydrogen-bond acceptors (Lipinski definition) is 4. The van der Waals surface area contributed by atoms with Crippen molar-refractivity contribution in [2.75, 3.05) is 5.73 Å². The number of carbonyl (C=O) groups excluding carboxylic acids is 1. The molecule has 2 rings (SSSR count). The normalized spacial score (nSPS) is 15.6. The number of nitrogen functional groups attached to an aromatic ring is 1. The predicted molar refractivity (Wildman–Crippen MR) is 84.3 cm³/mol. The fourth-order valence-electron chi connectivity index (χ4n) is 1.83. The minimum Gasteiger partial charge on any atom is -0.399 e. The molecule has 1 aromatic carbocycles. The summed E-state index contributed by atoms with van der Waals surface area (Å²) in [6, 6.07) is 5.28. The van der Waals surface area contributed by atoms with Gasteiger partial charge in [0.15, 0.2) is 5.16 Å². The molecular formula is C14H20N4O2S. The van der Waals surface area contributed by atoms with Gasteiger partial charge in [-0.3, -0.25) is 9.00 Å². The van der Waals surface area contributed by atoms with Gasteiger partial charge in [0.05, 0.1) is 11.0 Å². The van der Waals surface area contributed by atoms with Crippen molar-refractivity contribution in [2.24, 2.45) is 0 Å². The van der Waals surface area contributed by atoms with E-state index in [-0.39, 0.29) is 11.9 Å². The standard InChI is InChI=1S/C14H20N4O2S/c1-4-8(2)16-13(19)9(3)21(20)14-17-11-6-5-10(15)7-12(11)18-14/h5-9H,4,15H2,1-3H3,(H,16,19)(H,17,18). The maximum atomic E-state index is 12.4. The molecule has 6 nitrogen and oxygen atoms in total. The van der Waals surface area contributed by atoms with Crippen molar-refractivity contribution in [1.82, 2.24) is 15.3 Å². The highest BCUT2D eigenvalue weighted by Crippen LogP contribution is 2.18. The summed E-state index contributed by atoms with van der Waals surface area (Å²) in [6.07, 6.45) is 0.828. The average molecular weight is 308 g/mol. The van der Waals surface area contributed by atoms with Gasteiger partial charge in [-0.25, -0.2) is 4.98 Å². The van der Waals surface area contributed by atoms with Crippen molar-refractivity contribution < 1.29 is 9.00 Å². The van der Waals surface area contributed by atoms with E-state index in [4.69, 9.17) is 5.73 Å². The number of anilines is 1. The molecule has 114 valence electrons. The van der Waals surface area contributed by atoms with Gasteiger partial charge in [-0.05, 0) is 38.5 Å². The second kappa shape index (κ2) is 6.26. The molecule has 3 atom stereocenters. The second-order valence-electron chi connectivity index (χ2n) is 5.08. The summed E-state index contributed by atoms with van der Waals surface area (Å²) in [5.74, 6) is -0.234. The molecule has 0 radical (unpaired) electrons. The highest BCUT2D eigenvalue weighted by molar-refractivity contribution is 7.86. The zero-order chi connectivity index (χ0) is 15.6. The molecule has 2 aromatic rings. The first-order valence-electron chi connectivity index (χ1n) is 6.88. The SMILES string of the molecule is CCC(C)NC(=O)C(C)S(=O)c1nc2ccc(N)cc2[nH]1. The largest absolute Gasteiger partial charge is 0.399 e. The Morgan fingerprint density at radius 2 is 2.19 bits per heavy atom. The van der Waals surface area contributed by atoms with Crippen LogP contribution >= 0.6 is 0 Å². The lowest BCUT2D eigenvalue weighted by Gasteiger charge is -2.15. The van der Waals surface area contributed by atoms with Crippen molar-refractivity contribution in [3.8, 4) is 0 Å². The van der Waals surface area contributed by atoms with Gasteiger partial charge < -0.3 is 16.0 Å². The highest BCUT2D eigenvalue weighted by Gasteiger charge is 2.24. The number of fused-ring (bicyclic) bond motifs is 1. The van der Waals surface area contributed by atoms with Crippen LogP contribution in [0.25, 0.3) is 11.0 Å². The number of nitrogens with one attached hydrogen (secondary N) is 2. The average Bonchev–Trinajstić information content (AvgIpc) is 2.88. The third-order valence-electron chi connectivity index (χ3n) is 3.37. The minimum absolute atomic E-state index is 0.0624. The number of aromatic amines is 1. The Balaban J connectivity index is 2.19. The molecule has 3 unspecified atom stereocenters. The summed E-state index contributed by atoms with van der Waals surface area (Å²) >= 11 is 0. The topological polar surface area (TPSA) is 101 Å². The van der Waals surface area contributed by atoms with E-state index in [2.05, 4.69) is 15.3 Å². The molecule has 21 heavy (non-hydrogen) atoms. The van der Waals surface area contributed by atoms with Gasteiger partial charge in [0.1, 0.15) is 16.0 Å². The number of hydrogen-bond donors (Lipinski definition) is 3.